The molecule has 2 rings (SSSR count). The Labute approximate surface area is 120 Å². The van der Waals surface area contributed by atoms with Crippen LogP contribution in [-0.4, -0.2) is 18.0 Å². The average molecular weight is 321 g/mol. The van der Waals surface area contributed by atoms with Gasteiger partial charge in [0.1, 0.15) is 11.9 Å². The van der Waals surface area contributed by atoms with E-state index in [-0.39, 0.29) is 5.78 Å². The van der Waals surface area contributed by atoms with Crippen LogP contribution in [0.3, 0.4) is 0 Å². The monoisotopic (exact) mass is 320 g/mol. The molecule has 0 radical (unpaired) electrons. The SMILES string of the molecule is COc1c(Br)cccc1C(=O)C(O)c1ccccc1. The summed E-state index contributed by atoms with van der Waals surface area (Å²) in [6.45, 7) is 0. The quantitative estimate of drug-likeness (QED) is 0.878. The van der Waals surface area contributed by atoms with Crippen molar-refractivity contribution < 1.29 is 14.6 Å². The lowest BCUT2D eigenvalue weighted by molar-refractivity contribution is 0.0744. The summed E-state index contributed by atoms with van der Waals surface area (Å²) in [5, 5.41) is 10.1. The van der Waals surface area contributed by atoms with Gasteiger partial charge in [-0.15, -0.1) is 0 Å². The van der Waals surface area contributed by atoms with Crippen LogP contribution in [0.1, 0.15) is 22.0 Å². The number of ketones is 1. The number of hydrogen-bond donors (Lipinski definition) is 1. The fourth-order valence-electron chi connectivity index (χ4n) is 1.84. The fourth-order valence-corrected chi connectivity index (χ4v) is 2.37. The maximum atomic E-state index is 12.3. The van der Waals surface area contributed by atoms with Crippen LogP contribution in [0.15, 0.2) is 53.0 Å². The number of methoxy groups -OCH3 is 1. The van der Waals surface area contributed by atoms with E-state index >= 15 is 0 Å². The normalized spacial score (nSPS) is 11.9. The van der Waals surface area contributed by atoms with Crippen LogP contribution in [0.5, 0.6) is 5.75 Å². The minimum atomic E-state index is -1.19. The lowest BCUT2D eigenvalue weighted by atomic mass is 9.99. The molecule has 0 aliphatic carbocycles. The summed E-state index contributed by atoms with van der Waals surface area (Å²) in [7, 11) is 1.49. The second-order valence-electron chi connectivity index (χ2n) is 4.00. The number of ether oxygens (including phenoxy) is 1. The number of para-hydroxylation sites is 1. The molecule has 2 aromatic carbocycles. The first-order chi connectivity index (χ1) is 9.15. The molecule has 0 saturated heterocycles. The maximum Gasteiger partial charge on any atom is 0.199 e. The van der Waals surface area contributed by atoms with Gasteiger partial charge in [0.05, 0.1) is 17.1 Å². The zero-order chi connectivity index (χ0) is 13.8. The van der Waals surface area contributed by atoms with E-state index in [0.29, 0.717) is 21.3 Å². The summed E-state index contributed by atoms with van der Waals surface area (Å²) in [5.41, 5.74) is 0.919. The van der Waals surface area contributed by atoms with Crippen LogP contribution in [0.25, 0.3) is 0 Å². The Balaban J connectivity index is 2.37. The summed E-state index contributed by atoms with van der Waals surface area (Å²) in [6, 6.07) is 14.0. The molecule has 0 aliphatic rings. The van der Waals surface area contributed by atoms with Crippen LogP contribution < -0.4 is 4.74 Å². The third-order valence-corrected chi connectivity index (χ3v) is 3.42. The summed E-state index contributed by atoms with van der Waals surface area (Å²) in [4.78, 5) is 12.3. The van der Waals surface area contributed by atoms with Gasteiger partial charge in [-0.25, -0.2) is 0 Å². The molecule has 0 amide bonds. The second kappa shape index (κ2) is 5.99. The summed E-state index contributed by atoms with van der Waals surface area (Å²) >= 11 is 3.32. The largest absolute Gasteiger partial charge is 0.495 e. The van der Waals surface area contributed by atoms with Gasteiger partial charge in [0.25, 0.3) is 0 Å². The van der Waals surface area contributed by atoms with E-state index in [2.05, 4.69) is 15.9 Å². The maximum absolute atomic E-state index is 12.3. The molecule has 3 nitrogen and oxygen atoms in total. The number of Topliss-reactive ketones (excluding diaryl/α,β-unsaturated/α-hetero) is 1. The molecule has 1 N–H and O–H groups in total. The van der Waals surface area contributed by atoms with Gasteiger partial charge in [-0.1, -0.05) is 36.4 Å². The van der Waals surface area contributed by atoms with Crippen LogP contribution in [-0.2, 0) is 0 Å². The molecule has 0 fully saturated rings. The van der Waals surface area contributed by atoms with Crippen molar-refractivity contribution in [3.63, 3.8) is 0 Å². The number of carbonyl (C=O) groups is 1. The van der Waals surface area contributed by atoms with Gasteiger partial charge in [-0.05, 0) is 33.6 Å². The fraction of sp³-hybridized carbons (Fsp3) is 0.133. The number of hydrogen-bond acceptors (Lipinski definition) is 3. The van der Waals surface area contributed by atoms with Crippen LogP contribution in [0.2, 0.25) is 0 Å². The van der Waals surface area contributed by atoms with E-state index in [1.54, 1.807) is 42.5 Å². The highest BCUT2D eigenvalue weighted by molar-refractivity contribution is 9.10. The topological polar surface area (TPSA) is 46.5 Å². The first kappa shape index (κ1) is 13.8. The Bertz CT molecular complexity index is 581. The van der Waals surface area contributed by atoms with E-state index in [4.69, 9.17) is 4.74 Å². The van der Waals surface area contributed by atoms with Crippen molar-refractivity contribution in [2.24, 2.45) is 0 Å². The standard InChI is InChI=1S/C15H13BrO3/c1-19-15-11(8-5-9-12(15)16)14(18)13(17)10-6-3-2-4-7-10/h2-9,13,17H,1H3. The Morgan fingerprint density at radius 2 is 1.84 bits per heavy atom. The summed E-state index contributed by atoms with van der Waals surface area (Å²) in [5.74, 6) is 0.0480. The number of aliphatic hydroxyl groups excluding tert-OH is 1. The molecule has 0 aromatic heterocycles. The number of rotatable bonds is 4. The summed E-state index contributed by atoms with van der Waals surface area (Å²) < 4.78 is 5.89. The average Bonchev–Trinajstić information content (AvgIpc) is 2.46. The lowest BCUT2D eigenvalue weighted by Crippen LogP contribution is -2.13. The van der Waals surface area contributed by atoms with Gasteiger partial charge in [0.2, 0.25) is 0 Å². The van der Waals surface area contributed by atoms with Crippen molar-refractivity contribution in [2.75, 3.05) is 7.11 Å². The molecule has 19 heavy (non-hydrogen) atoms. The minimum absolute atomic E-state index is 0.355. The molecular formula is C15H13BrO3. The molecular weight excluding hydrogens is 308 g/mol. The molecule has 1 atom stereocenters. The van der Waals surface area contributed by atoms with Gasteiger partial charge in [-0.3, -0.25) is 4.79 Å². The minimum Gasteiger partial charge on any atom is -0.495 e. The third kappa shape index (κ3) is 2.85. The van der Waals surface area contributed by atoms with Crippen molar-refractivity contribution in [1.82, 2.24) is 0 Å². The second-order valence-corrected chi connectivity index (χ2v) is 4.85. The van der Waals surface area contributed by atoms with Gasteiger partial charge in [-0.2, -0.15) is 0 Å². The number of benzene rings is 2. The Morgan fingerprint density at radius 3 is 2.47 bits per heavy atom. The van der Waals surface area contributed by atoms with E-state index in [1.165, 1.54) is 7.11 Å². The van der Waals surface area contributed by atoms with Gasteiger partial charge >= 0.3 is 0 Å². The predicted octanol–water partition coefficient (Wildman–Crippen LogP) is 3.37. The van der Waals surface area contributed by atoms with Gasteiger partial charge < -0.3 is 9.84 Å². The van der Waals surface area contributed by atoms with Crippen LogP contribution >= 0.6 is 15.9 Å². The Hall–Kier alpha value is -1.65. The Kier molecular flexibility index (Phi) is 4.35. The molecule has 0 aliphatic heterocycles. The predicted molar refractivity (Wildman–Crippen MR) is 76.4 cm³/mol. The van der Waals surface area contributed by atoms with Crippen molar-refractivity contribution in [1.29, 1.82) is 0 Å². The van der Waals surface area contributed by atoms with Crippen LogP contribution in [0.4, 0.5) is 0 Å². The van der Waals surface area contributed by atoms with Crippen molar-refractivity contribution in [2.45, 2.75) is 6.10 Å². The first-order valence-electron chi connectivity index (χ1n) is 5.75. The third-order valence-electron chi connectivity index (χ3n) is 2.80. The zero-order valence-corrected chi connectivity index (χ0v) is 11.9. The smallest absolute Gasteiger partial charge is 0.199 e. The summed E-state index contributed by atoms with van der Waals surface area (Å²) in [6.07, 6.45) is -1.19. The molecule has 4 heteroatoms. The molecule has 1 unspecified atom stereocenters. The van der Waals surface area contributed by atoms with E-state index < -0.39 is 6.10 Å². The highest BCUT2D eigenvalue weighted by Gasteiger charge is 2.23. The van der Waals surface area contributed by atoms with Gasteiger partial charge in [0.15, 0.2) is 5.78 Å². The van der Waals surface area contributed by atoms with Crippen molar-refractivity contribution in [3.05, 3.63) is 64.1 Å². The lowest BCUT2D eigenvalue weighted by Gasteiger charge is -2.13. The number of carbonyl (C=O) groups excluding carboxylic acids is 1. The molecule has 0 spiro atoms. The van der Waals surface area contributed by atoms with Crippen molar-refractivity contribution >= 4 is 21.7 Å². The molecule has 2 aromatic rings. The first-order valence-corrected chi connectivity index (χ1v) is 6.54. The van der Waals surface area contributed by atoms with Crippen LogP contribution in [0, 0.1) is 0 Å². The van der Waals surface area contributed by atoms with Gasteiger partial charge in [0, 0.05) is 0 Å². The van der Waals surface area contributed by atoms with E-state index in [9.17, 15) is 9.90 Å². The van der Waals surface area contributed by atoms with Crippen molar-refractivity contribution in [3.8, 4) is 5.75 Å². The molecule has 0 bridgehead atoms. The number of halogens is 1. The number of aliphatic hydroxyl groups is 1. The van der Waals surface area contributed by atoms with E-state index in [1.807, 2.05) is 6.07 Å². The molecule has 98 valence electrons. The zero-order valence-electron chi connectivity index (χ0n) is 10.3. The highest BCUT2D eigenvalue weighted by Crippen LogP contribution is 2.31. The Morgan fingerprint density at radius 1 is 1.16 bits per heavy atom. The van der Waals surface area contributed by atoms with E-state index in [0.717, 1.165) is 0 Å². The molecule has 0 saturated carbocycles. The molecule has 0 heterocycles. The highest BCUT2D eigenvalue weighted by atomic mass is 79.9.